The second-order valence-electron chi connectivity index (χ2n) is 4.24. The number of hydrogen-bond donors (Lipinski definition) is 1. The van der Waals surface area contributed by atoms with Crippen LogP contribution in [0.4, 0.5) is 10.1 Å². The minimum atomic E-state index is -0.486. The van der Waals surface area contributed by atoms with Gasteiger partial charge in [-0.05, 0) is 29.8 Å². The van der Waals surface area contributed by atoms with E-state index in [0.29, 0.717) is 5.75 Å². The molecule has 22 heavy (non-hydrogen) atoms. The van der Waals surface area contributed by atoms with Crippen LogP contribution in [0.1, 0.15) is 5.56 Å². The maximum absolute atomic E-state index is 13.3. The molecule has 0 spiro atoms. The summed E-state index contributed by atoms with van der Waals surface area (Å²) in [5, 5.41) is 2.55. The average molecular weight is 296 g/mol. The molecule has 5 heteroatoms. The van der Waals surface area contributed by atoms with Gasteiger partial charge in [-0.1, -0.05) is 12.0 Å². The van der Waals surface area contributed by atoms with E-state index in [1.54, 1.807) is 30.6 Å². The molecule has 1 aromatic heterocycles. The van der Waals surface area contributed by atoms with Crippen LogP contribution >= 0.6 is 0 Å². The molecular weight excluding hydrogens is 283 g/mol. The van der Waals surface area contributed by atoms with E-state index in [1.807, 2.05) is 0 Å². The maximum atomic E-state index is 13.3. The third-order valence-electron chi connectivity index (χ3n) is 2.62. The lowest BCUT2D eigenvalue weighted by Crippen LogP contribution is -2.10. The molecule has 110 valence electrons. The van der Waals surface area contributed by atoms with Crippen LogP contribution in [-0.2, 0) is 4.79 Å². The van der Waals surface area contributed by atoms with Crippen molar-refractivity contribution in [3.63, 3.8) is 0 Å². The lowest BCUT2D eigenvalue weighted by molar-refractivity contribution is -0.111. The summed E-state index contributed by atoms with van der Waals surface area (Å²) in [7, 11) is 0. The van der Waals surface area contributed by atoms with Crippen molar-refractivity contribution in [3.8, 4) is 18.1 Å². The van der Waals surface area contributed by atoms with Crippen molar-refractivity contribution in [1.29, 1.82) is 0 Å². The molecule has 2 rings (SSSR count). The smallest absolute Gasteiger partial charge is 0.248 e. The van der Waals surface area contributed by atoms with Crippen LogP contribution in [0.15, 0.2) is 48.8 Å². The van der Waals surface area contributed by atoms with Crippen LogP contribution in [0.2, 0.25) is 0 Å². The molecule has 0 aliphatic carbocycles. The third kappa shape index (κ3) is 4.46. The lowest BCUT2D eigenvalue weighted by atomic mass is 10.2. The molecule has 2 aromatic rings. The largest absolute Gasteiger partial charge is 0.479 e. The number of ether oxygens (including phenoxy) is 1. The van der Waals surface area contributed by atoms with Crippen LogP contribution in [0.5, 0.6) is 5.75 Å². The number of benzene rings is 1. The Hall–Kier alpha value is -3.13. The predicted octanol–water partition coefficient (Wildman–Crippen LogP) is 2.88. The van der Waals surface area contributed by atoms with Gasteiger partial charge in [0, 0.05) is 24.5 Å². The maximum Gasteiger partial charge on any atom is 0.248 e. The van der Waals surface area contributed by atoms with Crippen molar-refractivity contribution < 1.29 is 13.9 Å². The Kier molecular flexibility index (Phi) is 5.27. The average Bonchev–Trinajstić information content (AvgIpc) is 2.53. The lowest BCUT2D eigenvalue weighted by Gasteiger charge is -2.10. The molecule has 0 unspecified atom stereocenters. The highest BCUT2D eigenvalue weighted by Gasteiger charge is 2.07. The summed E-state index contributed by atoms with van der Waals surface area (Å²) in [5.74, 6) is 1.71. The molecule has 4 nitrogen and oxygen atoms in total. The number of pyridine rings is 1. The molecule has 0 radical (unpaired) electrons. The second kappa shape index (κ2) is 7.60. The Bertz CT molecular complexity index is 721. The number of terminal acetylenes is 1. The van der Waals surface area contributed by atoms with Gasteiger partial charge in [0.1, 0.15) is 18.2 Å². The topological polar surface area (TPSA) is 51.2 Å². The molecule has 1 N–H and O–H groups in total. The van der Waals surface area contributed by atoms with E-state index in [0.717, 1.165) is 5.56 Å². The zero-order valence-corrected chi connectivity index (χ0v) is 11.6. The summed E-state index contributed by atoms with van der Waals surface area (Å²) < 4.78 is 18.6. The van der Waals surface area contributed by atoms with Crippen LogP contribution in [0.3, 0.4) is 0 Å². The van der Waals surface area contributed by atoms with E-state index in [9.17, 15) is 9.18 Å². The van der Waals surface area contributed by atoms with Gasteiger partial charge in [-0.3, -0.25) is 9.78 Å². The van der Waals surface area contributed by atoms with Gasteiger partial charge >= 0.3 is 0 Å². The van der Waals surface area contributed by atoms with Crippen molar-refractivity contribution >= 4 is 17.7 Å². The molecule has 0 saturated carbocycles. The highest BCUT2D eigenvalue weighted by atomic mass is 19.1. The van der Waals surface area contributed by atoms with Gasteiger partial charge in [0.2, 0.25) is 5.91 Å². The fourth-order valence-corrected chi connectivity index (χ4v) is 1.67. The molecule has 0 bridgehead atoms. The fraction of sp³-hybridized carbons (Fsp3) is 0.0588. The van der Waals surface area contributed by atoms with E-state index in [1.165, 1.54) is 24.3 Å². The summed E-state index contributed by atoms with van der Waals surface area (Å²) >= 11 is 0. The number of carbonyl (C=O) groups excluding carboxylic acids is 1. The minimum Gasteiger partial charge on any atom is -0.479 e. The van der Waals surface area contributed by atoms with Gasteiger partial charge in [0.15, 0.2) is 0 Å². The SMILES string of the molecule is C#CCOc1ccc(F)cc1NC(=O)/C=C\c1cccnc1. The Morgan fingerprint density at radius 2 is 2.32 bits per heavy atom. The first-order valence-electron chi connectivity index (χ1n) is 6.44. The first kappa shape index (κ1) is 15.3. The highest BCUT2D eigenvalue weighted by molar-refractivity contribution is 6.02. The number of aromatic nitrogens is 1. The molecule has 1 amide bonds. The first-order chi connectivity index (χ1) is 10.7. The summed E-state index contributed by atoms with van der Waals surface area (Å²) in [6.45, 7) is 0.0278. The van der Waals surface area contributed by atoms with Gasteiger partial charge < -0.3 is 10.1 Å². The molecule has 1 aromatic carbocycles. The standard InChI is InChI=1S/C17H13FN2O2/c1-2-10-22-16-7-6-14(18)11-15(16)20-17(21)8-5-13-4-3-9-19-12-13/h1,3-9,11-12H,10H2,(H,20,21)/b8-5-. The van der Waals surface area contributed by atoms with Crippen LogP contribution < -0.4 is 10.1 Å². The van der Waals surface area contributed by atoms with E-state index in [2.05, 4.69) is 16.2 Å². The molecule has 0 fully saturated rings. The van der Waals surface area contributed by atoms with Gasteiger partial charge in [-0.15, -0.1) is 6.42 Å². The van der Waals surface area contributed by atoms with Gasteiger partial charge in [-0.2, -0.15) is 0 Å². The Morgan fingerprint density at radius 3 is 3.05 bits per heavy atom. The quantitative estimate of drug-likeness (QED) is 0.682. The van der Waals surface area contributed by atoms with Gasteiger partial charge in [-0.25, -0.2) is 4.39 Å². The summed E-state index contributed by atoms with van der Waals surface area (Å²) in [6.07, 6.45) is 11.3. The van der Waals surface area contributed by atoms with Crippen molar-refractivity contribution in [2.75, 3.05) is 11.9 Å². The van der Waals surface area contributed by atoms with E-state index < -0.39 is 11.7 Å². The second-order valence-corrected chi connectivity index (χ2v) is 4.24. The predicted molar refractivity (Wildman–Crippen MR) is 82.6 cm³/mol. The number of rotatable bonds is 5. The molecule has 1 heterocycles. The summed E-state index contributed by atoms with van der Waals surface area (Å²) in [4.78, 5) is 15.8. The zero-order valence-electron chi connectivity index (χ0n) is 11.6. The molecule has 0 aliphatic rings. The van der Waals surface area contributed by atoms with Crippen LogP contribution in [-0.4, -0.2) is 17.5 Å². The van der Waals surface area contributed by atoms with Gasteiger partial charge in [0.25, 0.3) is 0 Å². The first-order valence-corrected chi connectivity index (χ1v) is 6.44. The minimum absolute atomic E-state index is 0.0278. The third-order valence-corrected chi connectivity index (χ3v) is 2.62. The Balaban J connectivity index is 2.09. The zero-order chi connectivity index (χ0) is 15.8. The van der Waals surface area contributed by atoms with Gasteiger partial charge in [0.05, 0.1) is 5.69 Å². The number of anilines is 1. The van der Waals surface area contributed by atoms with Crippen molar-refractivity contribution in [2.24, 2.45) is 0 Å². The number of amides is 1. The number of halogens is 1. The van der Waals surface area contributed by atoms with Crippen LogP contribution in [0.25, 0.3) is 6.08 Å². The number of nitrogens with zero attached hydrogens (tertiary/aromatic N) is 1. The summed E-state index contributed by atoms with van der Waals surface area (Å²) in [6, 6.07) is 7.37. The summed E-state index contributed by atoms with van der Waals surface area (Å²) in [5.41, 5.74) is 0.997. The van der Waals surface area contributed by atoms with E-state index in [4.69, 9.17) is 11.2 Å². The van der Waals surface area contributed by atoms with Crippen molar-refractivity contribution in [2.45, 2.75) is 0 Å². The highest BCUT2D eigenvalue weighted by Crippen LogP contribution is 2.25. The van der Waals surface area contributed by atoms with E-state index in [-0.39, 0.29) is 12.3 Å². The monoisotopic (exact) mass is 296 g/mol. The molecule has 0 saturated heterocycles. The van der Waals surface area contributed by atoms with Crippen molar-refractivity contribution in [1.82, 2.24) is 4.98 Å². The number of hydrogen-bond acceptors (Lipinski definition) is 3. The number of nitrogens with one attached hydrogen (secondary N) is 1. The fourth-order valence-electron chi connectivity index (χ4n) is 1.67. The van der Waals surface area contributed by atoms with Crippen LogP contribution in [0, 0.1) is 18.2 Å². The Labute approximate surface area is 127 Å². The molecule has 0 aliphatic heterocycles. The molecular formula is C17H13FN2O2. The molecule has 0 atom stereocenters. The number of carbonyl (C=O) groups is 1. The normalized spacial score (nSPS) is 10.2. The van der Waals surface area contributed by atoms with Crippen molar-refractivity contribution in [3.05, 3.63) is 60.2 Å². The Morgan fingerprint density at radius 1 is 1.45 bits per heavy atom. The van der Waals surface area contributed by atoms with E-state index >= 15 is 0 Å².